The summed E-state index contributed by atoms with van der Waals surface area (Å²) in [6, 6.07) is 18.2. The normalized spacial score (nSPS) is 10.4. The second-order valence-electron chi connectivity index (χ2n) is 6.20. The van der Waals surface area contributed by atoms with Crippen LogP contribution in [-0.4, -0.2) is 29.5 Å². The maximum Gasteiger partial charge on any atom is 0.270 e. The van der Waals surface area contributed by atoms with Gasteiger partial charge in [0.25, 0.3) is 5.91 Å². The lowest BCUT2D eigenvalue weighted by molar-refractivity contribution is 0.0949. The van der Waals surface area contributed by atoms with E-state index in [1.54, 1.807) is 24.3 Å². The lowest BCUT2D eigenvalue weighted by atomic mass is 10.1. The molecule has 0 radical (unpaired) electrons. The Morgan fingerprint density at radius 3 is 2.59 bits per heavy atom. The Labute approximate surface area is 157 Å². The van der Waals surface area contributed by atoms with Gasteiger partial charge in [-0.15, -0.1) is 0 Å². The molecule has 5 nitrogen and oxygen atoms in total. The number of nitrogens with one attached hydrogen (secondary N) is 1. The Bertz CT molecular complexity index is 901. The molecule has 0 bridgehead atoms. The van der Waals surface area contributed by atoms with Gasteiger partial charge >= 0.3 is 0 Å². The van der Waals surface area contributed by atoms with Gasteiger partial charge in [-0.05, 0) is 23.6 Å². The Morgan fingerprint density at radius 2 is 1.81 bits per heavy atom. The number of hydrogen-bond acceptors (Lipinski definition) is 4. The summed E-state index contributed by atoms with van der Waals surface area (Å²) in [5.74, 6) is 0.0924. The maximum atomic E-state index is 13.6. The summed E-state index contributed by atoms with van der Waals surface area (Å²) < 4.78 is 13.6. The number of anilines is 1. The molecular formula is C21H21FN4O. The van der Waals surface area contributed by atoms with Gasteiger partial charge in [0.05, 0.1) is 0 Å². The minimum atomic E-state index is -0.303. The van der Waals surface area contributed by atoms with E-state index in [4.69, 9.17) is 0 Å². The van der Waals surface area contributed by atoms with Crippen molar-refractivity contribution in [3.63, 3.8) is 0 Å². The van der Waals surface area contributed by atoms with E-state index < -0.39 is 0 Å². The lowest BCUT2D eigenvalue weighted by Gasteiger charge is -2.18. The third-order valence-corrected chi connectivity index (χ3v) is 4.18. The molecule has 3 rings (SSSR count). The first-order valence-corrected chi connectivity index (χ1v) is 8.72. The van der Waals surface area contributed by atoms with Gasteiger partial charge in [-0.25, -0.2) is 14.4 Å². The van der Waals surface area contributed by atoms with Crippen molar-refractivity contribution >= 4 is 11.7 Å². The second-order valence-corrected chi connectivity index (χ2v) is 6.20. The van der Waals surface area contributed by atoms with Gasteiger partial charge in [-0.3, -0.25) is 4.79 Å². The molecule has 0 atom stereocenters. The molecule has 2 aromatic carbocycles. The van der Waals surface area contributed by atoms with Crippen LogP contribution in [0.2, 0.25) is 0 Å². The Hall–Kier alpha value is -3.28. The van der Waals surface area contributed by atoms with Crippen molar-refractivity contribution in [2.75, 3.05) is 18.5 Å². The standard InChI is InChI=1S/C21H21FN4O/c1-26(14-16-7-3-2-4-8-16)20-13-19(24-15-25-20)21(27)23-12-11-17-9-5-6-10-18(17)22/h2-10,13,15H,11-12,14H2,1H3,(H,23,27). The van der Waals surface area contributed by atoms with E-state index in [9.17, 15) is 9.18 Å². The highest BCUT2D eigenvalue weighted by atomic mass is 19.1. The Kier molecular flexibility index (Phi) is 6.10. The number of aromatic nitrogens is 2. The van der Waals surface area contributed by atoms with Crippen LogP contribution in [0.4, 0.5) is 10.2 Å². The fourth-order valence-corrected chi connectivity index (χ4v) is 2.72. The van der Waals surface area contributed by atoms with Gasteiger partial charge in [0.15, 0.2) is 0 Å². The monoisotopic (exact) mass is 364 g/mol. The number of amides is 1. The molecule has 1 aromatic heterocycles. The zero-order chi connectivity index (χ0) is 19.1. The SMILES string of the molecule is CN(Cc1ccccc1)c1cc(C(=O)NCCc2ccccc2F)ncn1. The van der Waals surface area contributed by atoms with Crippen LogP contribution < -0.4 is 10.2 Å². The van der Waals surface area contributed by atoms with E-state index in [0.717, 1.165) is 5.56 Å². The second kappa shape index (κ2) is 8.89. The minimum absolute atomic E-state index is 0.265. The first-order valence-electron chi connectivity index (χ1n) is 8.72. The van der Waals surface area contributed by atoms with Crippen molar-refractivity contribution in [3.05, 3.63) is 89.6 Å². The van der Waals surface area contributed by atoms with Crippen molar-refractivity contribution in [2.24, 2.45) is 0 Å². The number of rotatable bonds is 7. The summed E-state index contributed by atoms with van der Waals surface area (Å²) in [4.78, 5) is 22.6. The molecule has 0 aliphatic rings. The topological polar surface area (TPSA) is 58.1 Å². The van der Waals surface area contributed by atoms with Gasteiger partial charge in [-0.1, -0.05) is 48.5 Å². The highest BCUT2D eigenvalue weighted by Crippen LogP contribution is 2.13. The van der Waals surface area contributed by atoms with Crippen LogP contribution in [0, 0.1) is 5.82 Å². The van der Waals surface area contributed by atoms with Crippen molar-refractivity contribution in [1.29, 1.82) is 0 Å². The summed E-state index contributed by atoms with van der Waals surface area (Å²) in [6.07, 6.45) is 1.80. The van der Waals surface area contributed by atoms with Gasteiger partial charge in [0.1, 0.15) is 23.7 Å². The molecule has 3 aromatic rings. The number of carbonyl (C=O) groups excluding carboxylic acids is 1. The summed E-state index contributed by atoms with van der Waals surface area (Å²) >= 11 is 0. The van der Waals surface area contributed by atoms with Gasteiger partial charge < -0.3 is 10.2 Å². The number of benzene rings is 2. The fourth-order valence-electron chi connectivity index (χ4n) is 2.72. The summed E-state index contributed by atoms with van der Waals surface area (Å²) in [5, 5.41) is 2.78. The van der Waals surface area contributed by atoms with E-state index in [0.29, 0.717) is 30.9 Å². The summed E-state index contributed by atoms with van der Waals surface area (Å²) in [6.45, 7) is 1.01. The third kappa shape index (κ3) is 5.10. The van der Waals surface area contributed by atoms with Gasteiger partial charge in [0.2, 0.25) is 0 Å². The highest BCUT2D eigenvalue weighted by Gasteiger charge is 2.11. The van der Waals surface area contributed by atoms with Crippen molar-refractivity contribution in [3.8, 4) is 0 Å². The largest absolute Gasteiger partial charge is 0.355 e. The zero-order valence-electron chi connectivity index (χ0n) is 15.1. The lowest BCUT2D eigenvalue weighted by Crippen LogP contribution is -2.27. The third-order valence-electron chi connectivity index (χ3n) is 4.18. The number of hydrogen-bond donors (Lipinski definition) is 1. The molecule has 0 aliphatic carbocycles. The van der Waals surface area contributed by atoms with E-state index in [-0.39, 0.29) is 17.4 Å². The van der Waals surface area contributed by atoms with Crippen molar-refractivity contribution in [2.45, 2.75) is 13.0 Å². The van der Waals surface area contributed by atoms with E-state index in [1.165, 1.54) is 12.4 Å². The van der Waals surface area contributed by atoms with Gasteiger partial charge in [0, 0.05) is 26.2 Å². The first kappa shape index (κ1) is 18.5. The van der Waals surface area contributed by atoms with E-state index >= 15 is 0 Å². The number of halogens is 1. The first-order chi connectivity index (χ1) is 13.1. The van der Waals surface area contributed by atoms with Crippen LogP contribution in [0.15, 0.2) is 67.0 Å². The average Bonchev–Trinajstić information content (AvgIpc) is 2.70. The Balaban J connectivity index is 1.59. The van der Waals surface area contributed by atoms with Gasteiger partial charge in [-0.2, -0.15) is 0 Å². The molecule has 0 aliphatic heterocycles. The molecule has 1 amide bonds. The molecule has 0 saturated heterocycles. The molecule has 0 unspecified atom stereocenters. The molecule has 0 fully saturated rings. The predicted molar refractivity (Wildman–Crippen MR) is 103 cm³/mol. The molecule has 1 N–H and O–H groups in total. The predicted octanol–water partition coefficient (Wildman–Crippen LogP) is 3.22. The minimum Gasteiger partial charge on any atom is -0.355 e. The van der Waals surface area contributed by atoms with Crippen LogP contribution in [0.5, 0.6) is 0 Å². The molecule has 6 heteroatoms. The fraction of sp³-hybridized carbons (Fsp3) is 0.190. The zero-order valence-corrected chi connectivity index (χ0v) is 15.1. The van der Waals surface area contributed by atoms with Crippen LogP contribution in [0.1, 0.15) is 21.6 Å². The maximum absolute atomic E-state index is 13.6. The molecular weight excluding hydrogens is 343 g/mol. The molecule has 138 valence electrons. The van der Waals surface area contributed by atoms with Crippen LogP contribution in [0.25, 0.3) is 0 Å². The smallest absolute Gasteiger partial charge is 0.270 e. The summed E-state index contributed by atoms with van der Waals surface area (Å²) in [7, 11) is 1.91. The quantitative estimate of drug-likeness (QED) is 0.699. The van der Waals surface area contributed by atoms with E-state index in [1.807, 2.05) is 42.3 Å². The molecule has 1 heterocycles. The van der Waals surface area contributed by atoms with E-state index in [2.05, 4.69) is 15.3 Å². The molecule has 0 saturated carbocycles. The van der Waals surface area contributed by atoms with Crippen LogP contribution >= 0.6 is 0 Å². The van der Waals surface area contributed by atoms with Crippen molar-refractivity contribution in [1.82, 2.24) is 15.3 Å². The number of carbonyl (C=O) groups is 1. The van der Waals surface area contributed by atoms with Crippen LogP contribution in [0.3, 0.4) is 0 Å². The van der Waals surface area contributed by atoms with Crippen molar-refractivity contribution < 1.29 is 9.18 Å². The number of nitrogens with zero attached hydrogens (tertiary/aromatic N) is 3. The average molecular weight is 364 g/mol. The molecule has 27 heavy (non-hydrogen) atoms. The van der Waals surface area contributed by atoms with Crippen LogP contribution in [-0.2, 0) is 13.0 Å². The highest BCUT2D eigenvalue weighted by molar-refractivity contribution is 5.92. The Morgan fingerprint density at radius 1 is 1.07 bits per heavy atom. The molecule has 0 spiro atoms. The summed E-state index contributed by atoms with van der Waals surface area (Å²) in [5.41, 5.74) is 2.01.